The molecule has 1 unspecified atom stereocenters. The Labute approximate surface area is 121 Å². The molecule has 112 valence electrons. The van der Waals surface area contributed by atoms with Crippen LogP contribution in [0.3, 0.4) is 0 Å². The Morgan fingerprint density at radius 1 is 1.37 bits per heavy atom. The summed E-state index contributed by atoms with van der Waals surface area (Å²) in [6.45, 7) is 2.68. The Kier molecular flexibility index (Phi) is 7.37. The van der Waals surface area contributed by atoms with Crippen molar-refractivity contribution >= 4 is 24.2 Å². The summed E-state index contributed by atoms with van der Waals surface area (Å²) in [5, 5.41) is 2.60. The maximum atomic E-state index is 12.5. The van der Waals surface area contributed by atoms with Gasteiger partial charge in [0.2, 0.25) is 11.8 Å². The highest BCUT2D eigenvalue weighted by Gasteiger charge is 2.41. The monoisotopic (exact) mass is 291 g/mol. The molecular formula is C13H26ClN3O2. The maximum absolute atomic E-state index is 12.5. The van der Waals surface area contributed by atoms with Gasteiger partial charge in [0.05, 0.1) is 11.3 Å². The number of hydrogen-bond acceptors (Lipinski definition) is 3. The van der Waals surface area contributed by atoms with Crippen molar-refractivity contribution in [2.24, 2.45) is 17.1 Å². The van der Waals surface area contributed by atoms with Crippen LogP contribution in [0.25, 0.3) is 0 Å². The summed E-state index contributed by atoms with van der Waals surface area (Å²) in [4.78, 5) is 25.6. The molecule has 0 spiro atoms. The molecule has 2 amide bonds. The molecule has 1 aliphatic carbocycles. The highest BCUT2D eigenvalue weighted by atomic mass is 35.5. The maximum Gasteiger partial charge on any atom is 0.229 e. The van der Waals surface area contributed by atoms with E-state index in [0.29, 0.717) is 13.1 Å². The first-order chi connectivity index (χ1) is 8.46. The van der Waals surface area contributed by atoms with Gasteiger partial charge in [0.1, 0.15) is 0 Å². The molecule has 0 aromatic carbocycles. The van der Waals surface area contributed by atoms with E-state index in [9.17, 15) is 9.59 Å². The second-order valence-electron chi connectivity index (χ2n) is 5.39. The van der Waals surface area contributed by atoms with Crippen LogP contribution in [0.4, 0.5) is 0 Å². The van der Waals surface area contributed by atoms with Crippen molar-refractivity contribution in [2.45, 2.75) is 32.6 Å². The Morgan fingerprint density at radius 2 is 1.89 bits per heavy atom. The number of nitrogens with one attached hydrogen (secondary N) is 1. The molecule has 6 heteroatoms. The minimum atomic E-state index is -0.378. The molecule has 0 saturated heterocycles. The van der Waals surface area contributed by atoms with Crippen LogP contribution in [0.1, 0.15) is 32.6 Å². The quantitative estimate of drug-likeness (QED) is 0.785. The molecule has 1 aliphatic rings. The van der Waals surface area contributed by atoms with Crippen molar-refractivity contribution in [1.82, 2.24) is 10.2 Å². The zero-order valence-corrected chi connectivity index (χ0v) is 12.9. The Balaban J connectivity index is 0.00000324. The van der Waals surface area contributed by atoms with Crippen LogP contribution < -0.4 is 11.1 Å². The average molecular weight is 292 g/mol. The normalized spacial score (nSPS) is 18.3. The van der Waals surface area contributed by atoms with Crippen molar-refractivity contribution < 1.29 is 9.59 Å². The standard InChI is InChI=1S/C13H25N3O2.ClH/c1-10(11(17)15-2)8-16(3)12(18)13(9-14)6-4-5-7-13;/h10H,4-9,14H2,1-3H3,(H,15,17);1H. The summed E-state index contributed by atoms with van der Waals surface area (Å²) < 4.78 is 0. The van der Waals surface area contributed by atoms with Crippen molar-refractivity contribution in [1.29, 1.82) is 0 Å². The third-order valence-corrected chi connectivity index (χ3v) is 3.99. The highest BCUT2D eigenvalue weighted by molar-refractivity contribution is 5.85. The smallest absolute Gasteiger partial charge is 0.229 e. The lowest BCUT2D eigenvalue weighted by Crippen LogP contribution is -2.47. The van der Waals surface area contributed by atoms with Crippen LogP contribution >= 0.6 is 12.4 Å². The molecule has 5 nitrogen and oxygen atoms in total. The Hall–Kier alpha value is -0.810. The van der Waals surface area contributed by atoms with E-state index in [1.807, 2.05) is 6.92 Å². The number of hydrogen-bond donors (Lipinski definition) is 2. The van der Waals surface area contributed by atoms with E-state index in [1.165, 1.54) is 0 Å². The fourth-order valence-corrected chi connectivity index (χ4v) is 2.78. The van der Waals surface area contributed by atoms with Crippen molar-refractivity contribution in [3.63, 3.8) is 0 Å². The molecule has 3 N–H and O–H groups in total. The van der Waals surface area contributed by atoms with Gasteiger partial charge in [-0.2, -0.15) is 0 Å². The first kappa shape index (κ1) is 18.2. The second kappa shape index (κ2) is 7.70. The minimum Gasteiger partial charge on any atom is -0.359 e. The molecule has 0 radical (unpaired) electrons. The second-order valence-corrected chi connectivity index (χ2v) is 5.39. The van der Waals surface area contributed by atoms with Crippen LogP contribution in [-0.2, 0) is 9.59 Å². The first-order valence-electron chi connectivity index (χ1n) is 6.64. The predicted molar refractivity (Wildman–Crippen MR) is 78.1 cm³/mol. The number of halogens is 1. The van der Waals surface area contributed by atoms with Crippen molar-refractivity contribution in [2.75, 3.05) is 27.2 Å². The molecule has 1 fully saturated rings. The zero-order valence-electron chi connectivity index (χ0n) is 12.1. The molecular weight excluding hydrogens is 266 g/mol. The summed E-state index contributed by atoms with van der Waals surface area (Å²) in [6.07, 6.45) is 3.89. The van der Waals surface area contributed by atoms with Gasteiger partial charge in [0.25, 0.3) is 0 Å². The van der Waals surface area contributed by atoms with Gasteiger partial charge in [0, 0.05) is 27.2 Å². The number of carbonyl (C=O) groups is 2. The average Bonchev–Trinajstić information content (AvgIpc) is 2.86. The molecule has 1 atom stereocenters. The van der Waals surface area contributed by atoms with Crippen molar-refractivity contribution in [3.8, 4) is 0 Å². The fraction of sp³-hybridized carbons (Fsp3) is 0.846. The molecule has 1 rings (SSSR count). The lowest BCUT2D eigenvalue weighted by molar-refractivity contribution is -0.141. The fourth-order valence-electron chi connectivity index (χ4n) is 2.78. The van der Waals surface area contributed by atoms with E-state index in [-0.39, 0.29) is 35.6 Å². The van der Waals surface area contributed by atoms with Gasteiger partial charge in [-0.15, -0.1) is 12.4 Å². The molecule has 0 aromatic rings. The summed E-state index contributed by atoms with van der Waals surface area (Å²) in [5.41, 5.74) is 5.42. The predicted octanol–water partition coefficient (Wildman–Crippen LogP) is 0.768. The number of carbonyl (C=O) groups excluding carboxylic acids is 2. The third-order valence-electron chi connectivity index (χ3n) is 3.99. The lowest BCUT2D eigenvalue weighted by Gasteiger charge is -2.32. The summed E-state index contributed by atoms with van der Waals surface area (Å²) >= 11 is 0. The molecule has 19 heavy (non-hydrogen) atoms. The van der Waals surface area contributed by atoms with Gasteiger partial charge in [-0.3, -0.25) is 9.59 Å². The van der Waals surface area contributed by atoms with Crippen LogP contribution in [0, 0.1) is 11.3 Å². The highest BCUT2D eigenvalue weighted by Crippen LogP contribution is 2.38. The van der Waals surface area contributed by atoms with Gasteiger partial charge in [-0.25, -0.2) is 0 Å². The van der Waals surface area contributed by atoms with E-state index in [4.69, 9.17) is 5.73 Å². The Morgan fingerprint density at radius 3 is 2.32 bits per heavy atom. The van der Waals surface area contributed by atoms with Crippen molar-refractivity contribution in [3.05, 3.63) is 0 Å². The van der Waals surface area contributed by atoms with Crippen LogP contribution in [-0.4, -0.2) is 43.9 Å². The van der Waals surface area contributed by atoms with Gasteiger partial charge < -0.3 is 16.0 Å². The minimum absolute atomic E-state index is 0. The Bertz CT molecular complexity index is 317. The van der Waals surface area contributed by atoms with Crippen LogP contribution in [0.2, 0.25) is 0 Å². The summed E-state index contributed by atoms with van der Waals surface area (Å²) in [6, 6.07) is 0. The molecule has 0 bridgehead atoms. The van der Waals surface area contributed by atoms with Crippen LogP contribution in [0.15, 0.2) is 0 Å². The summed E-state index contributed by atoms with van der Waals surface area (Å²) in [7, 11) is 3.37. The third kappa shape index (κ3) is 4.08. The van der Waals surface area contributed by atoms with Gasteiger partial charge in [-0.1, -0.05) is 19.8 Å². The van der Waals surface area contributed by atoms with E-state index in [0.717, 1.165) is 25.7 Å². The molecule has 0 aromatic heterocycles. The van der Waals surface area contributed by atoms with E-state index in [1.54, 1.807) is 19.0 Å². The largest absolute Gasteiger partial charge is 0.359 e. The molecule has 1 saturated carbocycles. The van der Waals surface area contributed by atoms with E-state index >= 15 is 0 Å². The number of amides is 2. The SMILES string of the molecule is CNC(=O)C(C)CN(C)C(=O)C1(CN)CCCC1.Cl. The number of nitrogens with zero attached hydrogens (tertiary/aromatic N) is 1. The molecule has 0 aliphatic heterocycles. The van der Waals surface area contributed by atoms with Gasteiger partial charge in [0.15, 0.2) is 0 Å². The summed E-state index contributed by atoms with van der Waals surface area (Å²) in [5.74, 6) is -0.138. The first-order valence-corrected chi connectivity index (χ1v) is 6.64. The topological polar surface area (TPSA) is 75.4 Å². The molecule has 0 heterocycles. The van der Waals surface area contributed by atoms with Gasteiger partial charge >= 0.3 is 0 Å². The number of nitrogens with two attached hydrogens (primary N) is 1. The van der Waals surface area contributed by atoms with Gasteiger partial charge in [-0.05, 0) is 12.8 Å². The van der Waals surface area contributed by atoms with Crippen LogP contribution in [0.5, 0.6) is 0 Å². The lowest BCUT2D eigenvalue weighted by atomic mass is 9.84. The van der Waals surface area contributed by atoms with E-state index in [2.05, 4.69) is 5.32 Å². The number of rotatable bonds is 5. The zero-order chi connectivity index (χ0) is 13.8. The van der Waals surface area contributed by atoms with E-state index < -0.39 is 0 Å².